The highest BCUT2D eigenvalue weighted by molar-refractivity contribution is 9.10. The van der Waals surface area contributed by atoms with Gasteiger partial charge in [0.05, 0.1) is 6.04 Å². The van der Waals surface area contributed by atoms with E-state index in [0.717, 1.165) is 10.2 Å². The second-order valence-corrected chi connectivity index (χ2v) is 7.16. The van der Waals surface area contributed by atoms with Crippen molar-refractivity contribution in [1.82, 2.24) is 4.90 Å². The van der Waals surface area contributed by atoms with Crippen molar-refractivity contribution in [3.8, 4) is 0 Å². The zero-order chi connectivity index (χ0) is 14.9. The number of carbonyl (C=O) groups excluding carboxylic acids is 1. The zero-order valence-corrected chi connectivity index (χ0v) is 14.0. The molecule has 1 aromatic rings. The Balaban J connectivity index is 1.83. The van der Waals surface area contributed by atoms with Crippen LogP contribution in [0.3, 0.4) is 0 Å². The van der Waals surface area contributed by atoms with Gasteiger partial charge < -0.3 is 15.0 Å². The molecule has 5 heteroatoms. The third-order valence-corrected chi connectivity index (χ3v) is 3.40. The van der Waals surface area contributed by atoms with E-state index in [0.29, 0.717) is 13.1 Å². The second-order valence-electron chi connectivity index (χ2n) is 6.24. The molecule has 1 aromatic carbocycles. The van der Waals surface area contributed by atoms with E-state index in [2.05, 4.69) is 40.3 Å². The Morgan fingerprint density at radius 1 is 1.35 bits per heavy atom. The first-order valence-electron chi connectivity index (χ1n) is 6.74. The summed E-state index contributed by atoms with van der Waals surface area (Å²) in [6.45, 7) is 9.06. The maximum atomic E-state index is 11.8. The Kier molecular flexibility index (Phi) is 4.28. The standard InChI is InChI=1S/C15H21BrN2O2/c1-10-5-11(16)7-12(6-10)17-13-8-18(9-13)14(19)20-15(2,3)4/h5-7,13,17H,8-9H2,1-4H3. The van der Waals surface area contributed by atoms with E-state index in [1.807, 2.05) is 26.8 Å². The molecule has 0 aliphatic carbocycles. The van der Waals surface area contributed by atoms with Gasteiger partial charge in [-0.2, -0.15) is 0 Å². The van der Waals surface area contributed by atoms with Gasteiger partial charge in [-0.15, -0.1) is 0 Å². The quantitative estimate of drug-likeness (QED) is 0.890. The number of ether oxygens (including phenoxy) is 1. The molecular formula is C15H21BrN2O2. The van der Waals surface area contributed by atoms with Crippen molar-refractivity contribution in [3.05, 3.63) is 28.2 Å². The predicted octanol–water partition coefficient (Wildman–Crippen LogP) is 3.79. The number of amides is 1. The van der Waals surface area contributed by atoms with Crippen molar-refractivity contribution in [3.63, 3.8) is 0 Å². The van der Waals surface area contributed by atoms with Crippen molar-refractivity contribution in [2.45, 2.75) is 39.3 Å². The first-order valence-corrected chi connectivity index (χ1v) is 7.54. The minimum Gasteiger partial charge on any atom is -0.444 e. The van der Waals surface area contributed by atoms with Gasteiger partial charge in [0, 0.05) is 23.2 Å². The fourth-order valence-corrected chi connectivity index (χ4v) is 2.71. The van der Waals surface area contributed by atoms with Gasteiger partial charge >= 0.3 is 6.09 Å². The number of carbonyl (C=O) groups is 1. The monoisotopic (exact) mass is 340 g/mol. The average molecular weight is 341 g/mol. The minimum atomic E-state index is -0.434. The highest BCUT2D eigenvalue weighted by atomic mass is 79.9. The summed E-state index contributed by atoms with van der Waals surface area (Å²) in [4.78, 5) is 13.5. The first-order chi connectivity index (χ1) is 9.23. The molecule has 4 nitrogen and oxygen atoms in total. The number of hydrogen-bond donors (Lipinski definition) is 1. The van der Waals surface area contributed by atoms with E-state index in [9.17, 15) is 4.79 Å². The Bertz CT molecular complexity index is 485. The lowest BCUT2D eigenvalue weighted by Gasteiger charge is -2.40. The van der Waals surface area contributed by atoms with Crippen LogP contribution in [-0.4, -0.2) is 35.7 Å². The van der Waals surface area contributed by atoms with Gasteiger partial charge in [-0.05, 0) is 51.5 Å². The molecule has 1 fully saturated rings. The van der Waals surface area contributed by atoms with E-state index in [4.69, 9.17) is 4.74 Å². The van der Waals surface area contributed by atoms with Gasteiger partial charge in [-0.3, -0.25) is 0 Å². The van der Waals surface area contributed by atoms with E-state index in [-0.39, 0.29) is 12.1 Å². The zero-order valence-electron chi connectivity index (χ0n) is 12.4. The van der Waals surface area contributed by atoms with Crippen LogP contribution >= 0.6 is 15.9 Å². The van der Waals surface area contributed by atoms with Crippen LogP contribution in [0.1, 0.15) is 26.3 Å². The number of likely N-dealkylation sites (tertiary alicyclic amines) is 1. The molecule has 1 saturated heterocycles. The summed E-state index contributed by atoms with van der Waals surface area (Å²) in [5, 5.41) is 3.43. The fourth-order valence-electron chi connectivity index (χ4n) is 2.10. The number of rotatable bonds is 2. The molecule has 1 aliphatic heterocycles. The summed E-state index contributed by atoms with van der Waals surface area (Å²) in [6, 6.07) is 6.50. The molecule has 110 valence electrons. The molecule has 0 bridgehead atoms. The number of aryl methyl sites for hydroxylation is 1. The molecule has 0 saturated carbocycles. The molecule has 1 heterocycles. The maximum Gasteiger partial charge on any atom is 0.410 e. The van der Waals surface area contributed by atoms with E-state index < -0.39 is 5.60 Å². The molecule has 1 N–H and O–H groups in total. The molecule has 0 unspecified atom stereocenters. The van der Waals surface area contributed by atoms with Gasteiger partial charge in [0.2, 0.25) is 0 Å². The van der Waals surface area contributed by atoms with Crippen molar-refractivity contribution in [2.24, 2.45) is 0 Å². The summed E-state index contributed by atoms with van der Waals surface area (Å²) in [5.74, 6) is 0. The Labute approximate surface area is 128 Å². The van der Waals surface area contributed by atoms with E-state index in [1.165, 1.54) is 5.56 Å². The molecule has 0 radical (unpaired) electrons. The van der Waals surface area contributed by atoms with Crippen molar-refractivity contribution < 1.29 is 9.53 Å². The SMILES string of the molecule is Cc1cc(Br)cc(NC2CN(C(=O)OC(C)(C)C)C2)c1. The molecule has 0 aromatic heterocycles. The molecule has 2 rings (SSSR count). The normalized spacial score (nSPS) is 15.8. The van der Waals surface area contributed by atoms with Crippen LogP contribution in [0.15, 0.2) is 22.7 Å². The molecular weight excluding hydrogens is 320 g/mol. The van der Waals surface area contributed by atoms with Gasteiger partial charge in [0.1, 0.15) is 5.60 Å². The Hall–Kier alpha value is -1.23. The summed E-state index contributed by atoms with van der Waals surface area (Å²) in [5.41, 5.74) is 1.84. The molecule has 20 heavy (non-hydrogen) atoms. The number of anilines is 1. The van der Waals surface area contributed by atoms with Crippen molar-refractivity contribution in [1.29, 1.82) is 0 Å². The first kappa shape index (κ1) is 15.2. The van der Waals surface area contributed by atoms with Crippen LogP contribution < -0.4 is 5.32 Å². The van der Waals surface area contributed by atoms with Gasteiger partial charge in [-0.1, -0.05) is 15.9 Å². The fraction of sp³-hybridized carbons (Fsp3) is 0.533. The van der Waals surface area contributed by atoms with Crippen LogP contribution in [-0.2, 0) is 4.74 Å². The topological polar surface area (TPSA) is 41.6 Å². The van der Waals surface area contributed by atoms with Crippen LogP contribution in [0.2, 0.25) is 0 Å². The molecule has 0 spiro atoms. The molecule has 1 amide bonds. The molecule has 0 atom stereocenters. The molecule has 1 aliphatic rings. The van der Waals surface area contributed by atoms with Crippen LogP contribution in [0.5, 0.6) is 0 Å². The third-order valence-electron chi connectivity index (χ3n) is 2.95. The second kappa shape index (κ2) is 5.64. The summed E-state index contributed by atoms with van der Waals surface area (Å²) in [6.07, 6.45) is -0.235. The smallest absolute Gasteiger partial charge is 0.410 e. The summed E-state index contributed by atoms with van der Waals surface area (Å²) >= 11 is 3.49. The van der Waals surface area contributed by atoms with E-state index >= 15 is 0 Å². The number of halogens is 1. The Morgan fingerprint density at radius 3 is 2.55 bits per heavy atom. The minimum absolute atomic E-state index is 0.235. The van der Waals surface area contributed by atoms with Gasteiger partial charge in [0.25, 0.3) is 0 Å². The van der Waals surface area contributed by atoms with E-state index in [1.54, 1.807) is 4.90 Å². The van der Waals surface area contributed by atoms with Crippen molar-refractivity contribution >= 4 is 27.7 Å². The summed E-state index contributed by atoms with van der Waals surface area (Å²) in [7, 11) is 0. The van der Waals surface area contributed by atoms with Crippen molar-refractivity contribution in [2.75, 3.05) is 18.4 Å². The number of benzene rings is 1. The van der Waals surface area contributed by atoms with Crippen LogP contribution in [0.4, 0.5) is 10.5 Å². The number of nitrogens with zero attached hydrogens (tertiary/aromatic N) is 1. The predicted molar refractivity (Wildman–Crippen MR) is 84.1 cm³/mol. The highest BCUT2D eigenvalue weighted by Crippen LogP contribution is 2.22. The average Bonchev–Trinajstić information content (AvgIpc) is 2.18. The number of nitrogens with one attached hydrogen (secondary N) is 1. The van der Waals surface area contributed by atoms with Crippen LogP contribution in [0.25, 0.3) is 0 Å². The third kappa shape index (κ3) is 4.13. The maximum absolute atomic E-state index is 11.8. The highest BCUT2D eigenvalue weighted by Gasteiger charge is 2.33. The Morgan fingerprint density at radius 2 is 2.00 bits per heavy atom. The number of hydrogen-bond acceptors (Lipinski definition) is 3. The summed E-state index contributed by atoms with van der Waals surface area (Å²) < 4.78 is 6.39. The lowest BCUT2D eigenvalue weighted by atomic mass is 10.1. The van der Waals surface area contributed by atoms with Gasteiger partial charge in [-0.25, -0.2) is 4.79 Å². The van der Waals surface area contributed by atoms with Crippen LogP contribution in [0, 0.1) is 6.92 Å². The largest absolute Gasteiger partial charge is 0.444 e. The van der Waals surface area contributed by atoms with Gasteiger partial charge in [0.15, 0.2) is 0 Å². The lowest BCUT2D eigenvalue weighted by Crippen LogP contribution is -2.57. The lowest BCUT2D eigenvalue weighted by molar-refractivity contribution is 0.0105.